The molecule has 15 heavy (non-hydrogen) atoms. The number of hydrogen-bond acceptors (Lipinski definition) is 2. The smallest absolute Gasteiger partial charge is 0.213 e. The zero-order chi connectivity index (χ0) is 11.9. The van der Waals surface area contributed by atoms with Gasteiger partial charge in [0, 0.05) is 13.1 Å². The van der Waals surface area contributed by atoms with E-state index in [0.29, 0.717) is 0 Å². The van der Waals surface area contributed by atoms with Crippen LogP contribution in [0.3, 0.4) is 0 Å². The third kappa shape index (κ3) is 2.63. The van der Waals surface area contributed by atoms with Crippen LogP contribution in [-0.2, 0) is 10.0 Å². The maximum absolute atomic E-state index is 12.6. The molecule has 3 nitrogen and oxygen atoms in total. The van der Waals surface area contributed by atoms with E-state index in [4.69, 9.17) is 0 Å². The monoisotopic (exact) mass is 245 g/mol. The van der Waals surface area contributed by atoms with Gasteiger partial charge < -0.3 is 0 Å². The molecule has 1 rings (SSSR count). The normalized spacial score (nSPS) is 24.1. The highest BCUT2D eigenvalue weighted by Crippen LogP contribution is 2.45. The van der Waals surface area contributed by atoms with Gasteiger partial charge in [-0.3, -0.25) is 0 Å². The van der Waals surface area contributed by atoms with E-state index in [-0.39, 0.29) is 25.9 Å². The summed E-state index contributed by atoms with van der Waals surface area (Å²) in [5, 5.41) is 0. The Kier molecular flexibility index (Phi) is 3.08. The van der Waals surface area contributed by atoms with Crippen molar-refractivity contribution in [2.24, 2.45) is 5.41 Å². The second-order valence-electron chi connectivity index (χ2n) is 4.22. The molecule has 0 aliphatic carbocycles. The largest absolute Gasteiger partial charge is 0.394 e. The Labute approximate surface area is 87.3 Å². The van der Waals surface area contributed by atoms with Crippen molar-refractivity contribution in [3.63, 3.8) is 0 Å². The SMILES string of the molecule is CC1(C(F)(F)F)CCN(S(C)(=O)=O)CC1. The maximum Gasteiger partial charge on any atom is 0.394 e. The third-order valence-corrected chi connectivity index (χ3v) is 4.28. The first-order chi connectivity index (χ1) is 6.56. The van der Waals surface area contributed by atoms with Gasteiger partial charge in [0.05, 0.1) is 11.7 Å². The van der Waals surface area contributed by atoms with Crippen LogP contribution in [0.2, 0.25) is 0 Å². The van der Waals surface area contributed by atoms with Crippen molar-refractivity contribution in [2.45, 2.75) is 25.9 Å². The average Bonchev–Trinajstić information content (AvgIpc) is 2.01. The first-order valence-corrected chi connectivity index (χ1v) is 6.43. The Morgan fingerprint density at radius 1 is 1.20 bits per heavy atom. The van der Waals surface area contributed by atoms with Crippen LogP contribution in [0.5, 0.6) is 0 Å². The van der Waals surface area contributed by atoms with Gasteiger partial charge in [-0.05, 0) is 12.8 Å². The fourth-order valence-electron chi connectivity index (χ4n) is 1.59. The predicted molar refractivity (Wildman–Crippen MR) is 49.8 cm³/mol. The van der Waals surface area contributed by atoms with Crippen molar-refractivity contribution in [2.75, 3.05) is 19.3 Å². The lowest BCUT2D eigenvalue weighted by Crippen LogP contribution is -2.47. The van der Waals surface area contributed by atoms with Gasteiger partial charge in [-0.2, -0.15) is 13.2 Å². The third-order valence-electron chi connectivity index (χ3n) is 2.98. The number of sulfonamides is 1. The highest BCUT2D eigenvalue weighted by molar-refractivity contribution is 7.88. The lowest BCUT2D eigenvalue weighted by molar-refractivity contribution is -0.228. The number of halogens is 3. The fraction of sp³-hybridized carbons (Fsp3) is 1.00. The van der Waals surface area contributed by atoms with Crippen molar-refractivity contribution < 1.29 is 21.6 Å². The summed E-state index contributed by atoms with van der Waals surface area (Å²) in [6, 6.07) is 0. The summed E-state index contributed by atoms with van der Waals surface area (Å²) < 4.78 is 61.0. The number of nitrogens with zero attached hydrogens (tertiary/aromatic N) is 1. The van der Waals surface area contributed by atoms with Crippen molar-refractivity contribution >= 4 is 10.0 Å². The summed E-state index contributed by atoms with van der Waals surface area (Å²) in [6.45, 7) is 1.05. The first-order valence-electron chi connectivity index (χ1n) is 4.58. The molecule has 7 heteroatoms. The quantitative estimate of drug-likeness (QED) is 0.704. The Morgan fingerprint density at radius 3 is 1.87 bits per heavy atom. The Morgan fingerprint density at radius 2 is 1.60 bits per heavy atom. The molecule has 0 spiro atoms. The molecule has 0 bridgehead atoms. The number of rotatable bonds is 1. The van der Waals surface area contributed by atoms with Crippen LogP contribution >= 0.6 is 0 Å². The van der Waals surface area contributed by atoms with Gasteiger partial charge in [0.2, 0.25) is 10.0 Å². The molecule has 1 heterocycles. The summed E-state index contributed by atoms with van der Waals surface area (Å²) in [7, 11) is -3.36. The zero-order valence-corrected chi connectivity index (χ0v) is 9.45. The molecule has 0 N–H and O–H groups in total. The molecular weight excluding hydrogens is 231 g/mol. The number of piperidine rings is 1. The van der Waals surface area contributed by atoms with Crippen molar-refractivity contribution in [1.82, 2.24) is 4.31 Å². The topological polar surface area (TPSA) is 37.4 Å². The lowest BCUT2D eigenvalue weighted by atomic mass is 9.80. The number of alkyl halides is 3. The van der Waals surface area contributed by atoms with E-state index < -0.39 is 21.6 Å². The number of hydrogen-bond donors (Lipinski definition) is 0. The standard InChI is InChI=1S/C8H14F3NO2S/c1-7(8(9,10)11)3-5-12(6-4-7)15(2,13)14/h3-6H2,1-2H3. The van der Waals surface area contributed by atoms with Gasteiger partial charge in [-0.15, -0.1) is 0 Å². The molecule has 0 amide bonds. The van der Waals surface area contributed by atoms with Gasteiger partial charge in [0.25, 0.3) is 0 Å². The first kappa shape index (κ1) is 12.8. The second kappa shape index (κ2) is 3.62. The van der Waals surface area contributed by atoms with E-state index in [1.807, 2.05) is 0 Å². The molecule has 0 saturated carbocycles. The van der Waals surface area contributed by atoms with Crippen molar-refractivity contribution in [3.8, 4) is 0 Å². The van der Waals surface area contributed by atoms with Gasteiger partial charge in [-0.1, -0.05) is 6.92 Å². The van der Waals surface area contributed by atoms with Crippen LogP contribution in [0.15, 0.2) is 0 Å². The van der Waals surface area contributed by atoms with E-state index in [1.165, 1.54) is 0 Å². The predicted octanol–water partition coefficient (Wildman–Crippen LogP) is 1.61. The summed E-state index contributed by atoms with van der Waals surface area (Å²) in [5.74, 6) is 0. The summed E-state index contributed by atoms with van der Waals surface area (Å²) >= 11 is 0. The summed E-state index contributed by atoms with van der Waals surface area (Å²) in [4.78, 5) is 0. The molecule has 0 unspecified atom stereocenters. The molecule has 0 aromatic carbocycles. The van der Waals surface area contributed by atoms with Gasteiger partial charge in [0.15, 0.2) is 0 Å². The lowest BCUT2D eigenvalue weighted by Gasteiger charge is -2.39. The molecule has 0 radical (unpaired) electrons. The van der Waals surface area contributed by atoms with Gasteiger partial charge in [-0.25, -0.2) is 12.7 Å². The Balaban J connectivity index is 2.72. The van der Waals surface area contributed by atoms with Crippen molar-refractivity contribution in [3.05, 3.63) is 0 Å². The molecule has 1 aliphatic heterocycles. The highest BCUT2D eigenvalue weighted by atomic mass is 32.2. The maximum atomic E-state index is 12.6. The highest BCUT2D eigenvalue weighted by Gasteiger charge is 2.52. The summed E-state index contributed by atoms with van der Waals surface area (Å²) in [5.41, 5.74) is -1.74. The minimum absolute atomic E-state index is 0.0468. The van der Waals surface area contributed by atoms with Crippen LogP contribution < -0.4 is 0 Å². The average molecular weight is 245 g/mol. The van der Waals surface area contributed by atoms with E-state index in [2.05, 4.69) is 0 Å². The molecule has 0 aromatic heterocycles. The molecule has 1 aliphatic rings. The van der Waals surface area contributed by atoms with Gasteiger partial charge >= 0.3 is 6.18 Å². The van der Waals surface area contributed by atoms with E-state index in [9.17, 15) is 21.6 Å². The van der Waals surface area contributed by atoms with Crippen LogP contribution in [0.4, 0.5) is 13.2 Å². The molecule has 1 fully saturated rings. The van der Waals surface area contributed by atoms with Crippen LogP contribution in [0.25, 0.3) is 0 Å². The van der Waals surface area contributed by atoms with E-state index >= 15 is 0 Å². The Hall–Kier alpha value is -0.300. The van der Waals surface area contributed by atoms with Crippen LogP contribution in [0, 0.1) is 5.41 Å². The molecule has 0 atom stereocenters. The van der Waals surface area contributed by atoms with E-state index in [0.717, 1.165) is 17.5 Å². The zero-order valence-electron chi connectivity index (χ0n) is 8.63. The summed E-state index contributed by atoms with van der Waals surface area (Å²) in [6.07, 6.45) is -3.56. The van der Waals surface area contributed by atoms with Crippen LogP contribution in [-0.4, -0.2) is 38.2 Å². The minimum Gasteiger partial charge on any atom is -0.213 e. The fourth-order valence-corrected chi connectivity index (χ4v) is 2.44. The van der Waals surface area contributed by atoms with Crippen LogP contribution in [0.1, 0.15) is 19.8 Å². The van der Waals surface area contributed by atoms with E-state index in [1.54, 1.807) is 0 Å². The Bertz CT molecular complexity index is 328. The molecule has 0 aromatic rings. The van der Waals surface area contributed by atoms with Crippen molar-refractivity contribution in [1.29, 1.82) is 0 Å². The molecule has 1 saturated heterocycles. The molecular formula is C8H14F3NO2S. The van der Waals surface area contributed by atoms with Gasteiger partial charge in [0.1, 0.15) is 0 Å². The second-order valence-corrected chi connectivity index (χ2v) is 6.20. The molecule has 90 valence electrons. The minimum atomic E-state index is -4.25.